The summed E-state index contributed by atoms with van der Waals surface area (Å²) in [6.45, 7) is 0.114. The van der Waals surface area contributed by atoms with E-state index in [1.165, 1.54) is 0 Å². The summed E-state index contributed by atoms with van der Waals surface area (Å²) in [6.07, 6.45) is 12.5. The van der Waals surface area contributed by atoms with Crippen molar-refractivity contribution in [3.05, 3.63) is 90.8 Å². The highest BCUT2D eigenvalue weighted by Crippen LogP contribution is 2.58. The van der Waals surface area contributed by atoms with Gasteiger partial charge in [0, 0.05) is 37.6 Å². The minimum Gasteiger partial charge on any atom is -0.376 e. The number of amides is 1. The van der Waals surface area contributed by atoms with E-state index in [-0.39, 0.29) is 26.5 Å². The number of pyridine rings is 1. The standard InChI is InChI=1S/C25H21N3O2.2H2/c29-23(28-22-8-7-19-15-26-11-9-17(19)12-22)16-27-21-6-3-4-18(13-21)24(30)25-10-2-1-5-20(25)14-25;;/h1-13,15,20,27H,14,16H2,(H,28,29);2*1H. The molecule has 3 aromatic rings. The topological polar surface area (TPSA) is 71.1 Å². The Kier molecular flexibility index (Phi) is 4.43. The van der Waals surface area contributed by atoms with Crippen molar-refractivity contribution in [2.45, 2.75) is 6.42 Å². The smallest absolute Gasteiger partial charge is 0.243 e. The molecule has 0 saturated heterocycles. The van der Waals surface area contributed by atoms with Crippen LogP contribution in [0.2, 0.25) is 0 Å². The minimum absolute atomic E-state index is 0. The number of fused-ring (bicyclic) bond motifs is 2. The van der Waals surface area contributed by atoms with Crippen LogP contribution in [-0.4, -0.2) is 23.2 Å². The largest absolute Gasteiger partial charge is 0.376 e. The number of nitrogens with one attached hydrogen (secondary N) is 2. The molecule has 5 rings (SSSR count). The number of carbonyl (C=O) groups excluding carboxylic acids is 2. The molecule has 0 bridgehead atoms. The first-order valence-electron chi connectivity index (χ1n) is 10.0. The minimum atomic E-state index is -0.365. The molecule has 1 saturated carbocycles. The fraction of sp³-hybridized carbons (Fsp3) is 0.160. The number of rotatable bonds is 6. The Hall–Kier alpha value is -3.73. The van der Waals surface area contributed by atoms with Gasteiger partial charge >= 0.3 is 0 Å². The van der Waals surface area contributed by atoms with E-state index < -0.39 is 0 Å². The zero-order valence-electron chi connectivity index (χ0n) is 16.3. The Morgan fingerprint density at radius 1 is 1.07 bits per heavy atom. The molecule has 2 unspecified atom stereocenters. The van der Waals surface area contributed by atoms with Crippen LogP contribution in [0.1, 0.15) is 19.6 Å². The van der Waals surface area contributed by atoms with Crippen LogP contribution in [0.25, 0.3) is 10.8 Å². The predicted octanol–water partition coefficient (Wildman–Crippen LogP) is 5.09. The van der Waals surface area contributed by atoms with E-state index in [1.54, 1.807) is 12.4 Å². The van der Waals surface area contributed by atoms with Gasteiger partial charge in [-0.1, -0.05) is 42.5 Å². The molecule has 1 fully saturated rings. The highest BCUT2D eigenvalue weighted by Gasteiger charge is 2.57. The normalized spacial score (nSPS) is 21.1. The van der Waals surface area contributed by atoms with E-state index in [2.05, 4.69) is 21.7 Å². The molecule has 0 aliphatic heterocycles. The lowest BCUT2D eigenvalue weighted by atomic mass is 9.89. The van der Waals surface area contributed by atoms with Crippen LogP contribution in [0.15, 0.2) is 85.2 Å². The molecule has 2 aliphatic rings. The van der Waals surface area contributed by atoms with Gasteiger partial charge in [0.2, 0.25) is 5.91 Å². The zero-order valence-corrected chi connectivity index (χ0v) is 16.3. The van der Waals surface area contributed by atoms with Gasteiger partial charge in [-0.2, -0.15) is 0 Å². The number of ketones is 1. The molecule has 2 aliphatic carbocycles. The summed E-state index contributed by atoms with van der Waals surface area (Å²) < 4.78 is 0. The van der Waals surface area contributed by atoms with Gasteiger partial charge in [-0.05, 0) is 48.1 Å². The summed E-state index contributed by atoms with van der Waals surface area (Å²) in [5.74, 6) is 0.309. The number of aromatic nitrogens is 1. The Balaban J connectivity index is 0.00000144. The van der Waals surface area contributed by atoms with Crippen molar-refractivity contribution >= 4 is 33.8 Å². The highest BCUT2D eigenvalue weighted by molar-refractivity contribution is 6.05. The fourth-order valence-electron chi connectivity index (χ4n) is 4.09. The van der Waals surface area contributed by atoms with Gasteiger partial charge in [-0.15, -0.1) is 0 Å². The molecule has 152 valence electrons. The second-order valence-corrected chi connectivity index (χ2v) is 7.84. The number of anilines is 2. The van der Waals surface area contributed by atoms with Gasteiger partial charge in [0.15, 0.2) is 5.78 Å². The fourth-order valence-corrected chi connectivity index (χ4v) is 4.09. The lowest BCUT2D eigenvalue weighted by molar-refractivity contribution is -0.114. The van der Waals surface area contributed by atoms with Crippen molar-refractivity contribution in [3.63, 3.8) is 0 Å². The summed E-state index contributed by atoms with van der Waals surface area (Å²) in [4.78, 5) is 29.5. The summed E-state index contributed by atoms with van der Waals surface area (Å²) in [5.41, 5.74) is 1.80. The van der Waals surface area contributed by atoms with Crippen molar-refractivity contribution in [1.29, 1.82) is 0 Å². The monoisotopic (exact) mass is 399 g/mol. The van der Waals surface area contributed by atoms with Crippen LogP contribution < -0.4 is 10.6 Å². The molecule has 1 amide bonds. The Labute approximate surface area is 177 Å². The van der Waals surface area contributed by atoms with Crippen molar-refractivity contribution in [2.24, 2.45) is 11.3 Å². The van der Waals surface area contributed by atoms with Gasteiger partial charge in [0.25, 0.3) is 0 Å². The molecule has 2 aromatic carbocycles. The van der Waals surface area contributed by atoms with Crippen LogP contribution >= 0.6 is 0 Å². The average Bonchev–Trinajstić information content (AvgIpc) is 3.53. The van der Waals surface area contributed by atoms with Gasteiger partial charge in [0.05, 0.1) is 12.0 Å². The van der Waals surface area contributed by atoms with Crippen LogP contribution in [0, 0.1) is 11.3 Å². The van der Waals surface area contributed by atoms with E-state index in [0.717, 1.165) is 28.6 Å². The maximum absolute atomic E-state index is 13.0. The van der Waals surface area contributed by atoms with Crippen molar-refractivity contribution in [2.75, 3.05) is 17.2 Å². The second kappa shape index (κ2) is 7.26. The van der Waals surface area contributed by atoms with Gasteiger partial charge in [0.1, 0.15) is 0 Å². The van der Waals surface area contributed by atoms with Gasteiger partial charge in [-0.25, -0.2) is 0 Å². The molecule has 30 heavy (non-hydrogen) atoms. The molecular formula is C25H25N3O2. The molecule has 1 heterocycles. The van der Waals surface area contributed by atoms with Crippen molar-refractivity contribution in [1.82, 2.24) is 4.98 Å². The number of benzene rings is 2. The molecule has 2 atom stereocenters. The third-order valence-electron chi connectivity index (χ3n) is 5.83. The maximum Gasteiger partial charge on any atom is 0.243 e. The molecule has 0 radical (unpaired) electrons. The van der Waals surface area contributed by atoms with Crippen LogP contribution in [-0.2, 0) is 4.79 Å². The number of nitrogens with zero attached hydrogens (tertiary/aromatic N) is 1. The quantitative estimate of drug-likeness (QED) is 0.566. The second-order valence-electron chi connectivity index (χ2n) is 7.84. The first kappa shape index (κ1) is 18.3. The van der Waals surface area contributed by atoms with Gasteiger partial charge < -0.3 is 10.6 Å². The van der Waals surface area contributed by atoms with Crippen LogP contribution in [0.5, 0.6) is 0 Å². The Bertz CT molecular complexity index is 1220. The SMILES string of the molecule is O=C(CNc1cccc(C(=O)C23C=CC=CC2C3)c1)Nc1ccc2cnccc2c1.[HH].[HH]. The third kappa shape index (κ3) is 3.39. The lowest BCUT2D eigenvalue weighted by Gasteiger charge is -2.14. The van der Waals surface area contributed by atoms with Crippen LogP contribution in [0.3, 0.4) is 0 Å². The molecule has 5 nitrogen and oxygen atoms in total. The molecule has 0 spiro atoms. The number of hydrogen-bond acceptors (Lipinski definition) is 4. The molecule has 1 aromatic heterocycles. The summed E-state index contributed by atoms with van der Waals surface area (Å²) in [6, 6.07) is 15.0. The summed E-state index contributed by atoms with van der Waals surface area (Å²) >= 11 is 0. The number of hydrogen-bond donors (Lipinski definition) is 2. The number of carbonyl (C=O) groups is 2. The molecule has 2 N–H and O–H groups in total. The highest BCUT2D eigenvalue weighted by atomic mass is 16.2. The van der Waals surface area contributed by atoms with E-state index in [9.17, 15) is 9.59 Å². The van der Waals surface area contributed by atoms with Crippen LogP contribution in [0.4, 0.5) is 11.4 Å². The zero-order chi connectivity index (χ0) is 20.6. The predicted molar refractivity (Wildman–Crippen MR) is 123 cm³/mol. The maximum atomic E-state index is 13.0. The Morgan fingerprint density at radius 3 is 2.90 bits per heavy atom. The Morgan fingerprint density at radius 2 is 2.00 bits per heavy atom. The lowest BCUT2D eigenvalue weighted by Crippen LogP contribution is -2.22. The number of Topliss-reactive ketones (excluding diaryl/α,β-unsaturated/α-hetero) is 1. The van der Waals surface area contributed by atoms with E-state index >= 15 is 0 Å². The van der Waals surface area contributed by atoms with E-state index in [4.69, 9.17) is 0 Å². The summed E-state index contributed by atoms with van der Waals surface area (Å²) in [7, 11) is 0. The van der Waals surface area contributed by atoms with Gasteiger partial charge in [-0.3, -0.25) is 14.6 Å². The first-order chi connectivity index (χ1) is 14.6. The third-order valence-corrected chi connectivity index (χ3v) is 5.83. The van der Waals surface area contributed by atoms with E-state index in [1.807, 2.05) is 66.8 Å². The first-order valence-corrected chi connectivity index (χ1v) is 10.0. The van der Waals surface area contributed by atoms with E-state index in [0.29, 0.717) is 11.5 Å². The number of allylic oxidation sites excluding steroid dienone is 4. The molecule has 5 heteroatoms. The molecular weight excluding hydrogens is 374 g/mol. The summed E-state index contributed by atoms with van der Waals surface area (Å²) in [5, 5.41) is 8.06. The van der Waals surface area contributed by atoms with Crippen molar-refractivity contribution < 1.29 is 12.4 Å². The van der Waals surface area contributed by atoms with Crippen molar-refractivity contribution in [3.8, 4) is 0 Å². The average molecular weight is 399 g/mol.